The molecule has 2 aliphatic carbocycles. The summed E-state index contributed by atoms with van der Waals surface area (Å²) >= 11 is 0. The smallest absolute Gasteiger partial charge is 0.267 e. The van der Waals surface area contributed by atoms with Gasteiger partial charge in [-0.25, -0.2) is 0 Å². The van der Waals surface area contributed by atoms with Gasteiger partial charge in [-0.05, 0) is 49.7 Å². The minimum atomic E-state index is 0.0556. The van der Waals surface area contributed by atoms with Crippen LogP contribution in [0.15, 0.2) is 30.3 Å². The molecule has 1 heterocycles. The average Bonchev–Trinajstić information content (AvgIpc) is 3.32. The molecular formula is C16H18N2O. The normalized spacial score (nSPS) is 19.0. The minimum Gasteiger partial charge on any atom is -0.351 e. The van der Waals surface area contributed by atoms with Crippen molar-refractivity contribution in [2.75, 3.05) is 0 Å². The van der Waals surface area contributed by atoms with E-state index in [2.05, 4.69) is 10.3 Å². The second-order valence-corrected chi connectivity index (χ2v) is 5.94. The van der Waals surface area contributed by atoms with Gasteiger partial charge in [0.15, 0.2) is 0 Å². The molecule has 2 fully saturated rings. The minimum absolute atomic E-state index is 0.0556. The van der Waals surface area contributed by atoms with E-state index < -0.39 is 0 Å². The Kier molecular flexibility index (Phi) is 2.40. The molecule has 2 N–H and O–H groups in total. The Morgan fingerprint density at radius 3 is 2.47 bits per heavy atom. The summed E-state index contributed by atoms with van der Waals surface area (Å²) in [6, 6.07) is 10.4. The van der Waals surface area contributed by atoms with Crippen LogP contribution in [0.4, 0.5) is 0 Å². The van der Waals surface area contributed by atoms with E-state index in [1.807, 2.05) is 30.3 Å². The SMILES string of the molecule is O=C(NC(C1CC1)C1CC1)c1cc2ccccc2[nH]1. The third kappa shape index (κ3) is 2.14. The number of amides is 1. The van der Waals surface area contributed by atoms with Crippen molar-refractivity contribution in [3.63, 3.8) is 0 Å². The van der Waals surface area contributed by atoms with Crippen LogP contribution in [0.2, 0.25) is 0 Å². The van der Waals surface area contributed by atoms with Crippen molar-refractivity contribution in [2.45, 2.75) is 31.7 Å². The second kappa shape index (κ2) is 4.12. The van der Waals surface area contributed by atoms with E-state index in [0.717, 1.165) is 22.7 Å². The first kappa shape index (κ1) is 11.1. The average molecular weight is 254 g/mol. The molecule has 19 heavy (non-hydrogen) atoms. The van der Waals surface area contributed by atoms with Gasteiger partial charge < -0.3 is 10.3 Å². The summed E-state index contributed by atoms with van der Waals surface area (Å²) < 4.78 is 0. The first-order valence-corrected chi connectivity index (χ1v) is 7.20. The largest absolute Gasteiger partial charge is 0.351 e. The number of para-hydroxylation sites is 1. The number of hydrogen-bond acceptors (Lipinski definition) is 1. The van der Waals surface area contributed by atoms with Crippen LogP contribution >= 0.6 is 0 Å². The van der Waals surface area contributed by atoms with Crippen LogP contribution in [-0.4, -0.2) is 16.9 Å². The molecule has 1 aromatic carbocycles. The van der Waals surface area contributed by atoms with Gasteiger partial charge in [0, 0.05) is 16.9 Å². The summed E-state index contributed by atoms with van der Waals surface area (Å²) in [7, 11) is 0. The zero-order valence-electron chi connectivity index (χ0n) is 10.9. The van der Waals surface area contributed by atoms with E-state index in [1.165, 1.54) is 25.7 Å². The summed E-state index contributed by atoms with van der Waals surface area (Å²) in [4.78, 5) is 15.6. The fourth-order valence-corrected chi connectivity index (χ4v) is 2.96. The number of aromatic nitrogens is 1. The molecule has 2 aliphatic rings. The highest BCUT2D eigenvalue weighted by Gasteiger charge is 2.42. The molecule has 2 saturated carbocycles. The van der Waals surface area contributed by atoms with Crippen LogP contribution in [0.3, 0.4) is 0 Å². The summed E-state index contributed by atoms with van der Waals surface area (Å²) in [5.74, 6) is 1.53. The van der Waals surface area contributed by atoms with Gasteiger partial charge in [-0.15, -0.1) is 0 Å². The van der Waals surface area contributed by atoms with Gasteiger partial charge in [0.1, 0.15) is 5.69 Å². The molecule has 0 spiro atoms. The quantitative estimate of drug-likeness (QED) is 0.865. The van der Waals surface area contributed by atoms with Crippen LogP contribution in [0, 0.1) is 11.8 Å². The van der Waals surface area contributed by atoms with E-state index in [9.17, 15) is 4.79 Å². The number of rotatable bonds is 4. The number of carbonyl (C=O) groups excluding carboxylic acids is 1. The molecule has 1 amide bonds. The van der Waals surface area contributed by atoms with Gasteiger partial charge in [0.25, 0.3) is 5.91 Å². The van der Waals surface area contributed by atoms with Crippen LogP contribution in [-0.2, 0) is 0 Å². The number of aromatic amines is 1. The molecule has 0 radical (unpaired) electrons. The van der Waals surface area contributed by atoms with Crippen molar-refractivity contribution in [1.82, 2.24) is 10.3 Å². The Balaban J connectivity index is 1.55. The molecular weight excluding hydrogens is 236 g/mol. The fraction of sp³-hybridized carbons (Fsp3) is 0.438. The highest BCUT2D eigenvalue weighted by molar-refractivity contribution is 5.98. The standard InChI is InChI=1S/C16H18N2O/c19-16(18-15(10-5-6-10)11-7-8-11)14-9-12-3-1-2-4-13(12)17-14/h1-4,9-11,15,17H,5-8H2,(H,18,19). The zero-order chi connectivity index (χ0) is 12.8. The van der Waals surface area contributed by atoms with Crippen LogP contribution in [0.5, 0.6) is 0 Å². The van der Waals surface area contributed by atoms with Crippen molar-refractivity contribution in [3.05, 3.63) is 36.0 Å². The third-order valence-corrected chi connectivity index (χ3v) is 4.33. The molecule has 98 valence electrons. The van der Waals surface area contributed by atoms with Gasteiger partial charge in [0.2, 0.25) is 0 Å². The second-order valence-electron chi connectivity index (χ2n) is 5.94. The van der Waals surface area contributed by atoms with Crippen LogP contribution < -0.4 is 5.32 Å². The van der Waals surface area contributed by atoms with Gasteiger partial charge in [-0.1, -0.05) is 18.2 Å². The summed E-state index contributed by atoms with van der Waals surface area (Å²) in [6.07, 6.45) is 5.14. The van der Waals surface area contributed by atoms with Crippen molar-refractivity contribution < 1.29 is 4.79 Å². The lowest BCUT2D eigenvalue weighted by Gasteiger charge is -2.16. The molecule has 3 nitrogen and oxygen atoms in total. The Morgan fingerprint density at radius 2 is 1.84 bits per heavy atom. The van der Waals surface area contributed by atoms with Crippen LogP contribution in [0.25, 0.3) is 10.9 Å². The lowest BCUT2D eigenvalue weighted by molar-refractivity contribution is 0.0922. The maximum atomic E-state index is 12.3. The molecule has 0 atom stereocenters. The van der Waals surface area contributed by atoms with E-state index in [1.54, 1.807) is 0 Å². The number of carbonyl (C=O) groups is 1. The molecule has 3 heteroatoms. The zero-order valence-corrected chi connectivity index (χ0v) is 10.9. The van der Waals surface area contributed by atoms with Crippen molar-refractivity contribution in [3.8, 4) is 0 Å². The van der Waals surface area contributed by atoms with E-state index >= 15 is 0 Å². The molecule has 0 saturated heterocycles. The fourth-order valence-electron chi connectivity index (χ4n) is 2.96. The number of benzene rings is 1. The van der Waals surface area contributed by atoms with Gasteiger partial charge in [-0.2, -0.15) is 0 Å². The summed E-state index contributed by atoms with van der Waals surface area (Å²) in [5.41, 5.74) is 1.72. The van der Waals surface area contributed by atoms with Crippen molar-refractivity contribution in [2.24, 2.45) is 11.8 Å². The van der Waals surface area contributed by atoms with E-state index in [-0.39, 0.29) is 5.91 Å². The van der Waals surface area contributed by atoms with Gasteiger partial charge >= 0.3 is 0 Å². The monoisotopic (exact) mass is 254 g/mol. The maximum Gasteiger partial charge on any atom is 0.267 e. The molecule has 2 aromatic rings. The predicted molar refractivity (Wildman–Crippen MR) is 75.0 cm³/mol. The van der Waals surface area contributed by atoms with Crippen molar-refractivity contribution in [1.29, 1.82) is 0 Å². The van der Waals surface area contributed by atoms with Gasteiger partial charge in [-0.3, -0.25) is 4.79 Å². The maximum absolute atomic E-state index is 12.3. The Bertz CT molecular complexity index is 577. The molecule has 4 rings (SSSR count). The Morgan fingerprint density at radius 1 is 1.16 bits per heavy atom. The number of H-pyrrole nitrogens is 1. The summed E-state index contributed by atoms with van der Waals surface area (Å²) in [6.45, 7) is 0. The molecule has 1 aromatic heterocycles. The number of nitrogens with one attached hydrogen (secondary N) is 2. The number of fused-ring (bicyclic) bond motifs is 1. The highest BCUT2D eigenvalue weighted by Crippen LogP contribution is 2.44. The van der Waals surface area contributed by atoms with E-state index in [4.69, 9.17) is 0 Å². The first-order valence-electron chi connectivity index (χ1n) is 7.20. The predicted octanol–water partition coefficient (Wildman–Crippen LogP) is 3.09. The Labute approximate surface area is 112 Å². The van der Waals surface area contributed by atoms with Crippen molar-refractivity contribution >= 4 is 16.8 Å². The molecule has 0 bridgehead atoms. The van der Waals surface area contributed by atoms with Crippen LogP contribution in [0.1, 0.15) is 36.2 Å². The van der Waals surface area contributed by atoms with Gasteiger partial charge in [0.05, 0.1) is 0 Å². The number of hydrogen-bond donors (Lipinski definition) is 2. The third-order valence-electron chi connectivity index (χ3n) is 4.33. The molecule has 0 aliphatic heterocycles. The topological polar surface area (TPSA) is 44.9 Å². The molecule has 0 unspecified atom stereocenters. The lowest BCUT2D eigenvalue weighted by Crippen LogP contribution is -2.38. The highest BCUT2D eigenvalue weighted by atomic mass is 16.1. The lowest BCUT2D eigenvalue weighted by atomic mass is 10.1. The van der Waals surface area contributed by atoms with E-state index in [0.29, 0.717) is 11.7 Å². The first-order chi connectivity index (χ1) is 9.31. The Hall–Kier alpha value is -1.77. The summed E-state index contributed by atoms with van der Waals surface area (Å²) in [5, 5.41) is 4.35.